The van der Waals surface area contributed by atoms with Crippen LogP contribution in [0.5, 0.6) is 0 Å². The Balaban J connectivity index is 1.97. The fraction of sp³-hybridized carbons (Fsp3) is 0.600. The molecule has 0 aromatic rings. The first-order valence-corrected chi connectivity index (χ1v) is 8.11. The molecule has 0 aliphatic carbocycles. The molecule has 136 valence electrons. The van der Waals surface area contributed by atoms with Crippen LogP contribution in [0.15, 0.2) is 0 Å². The molecule has 2 saturated heterocycles. The molecule has 25 heavy (non-hydrogen) atoms. The van der Waals surface area contributed by atoms with E-state index in [4.69, 9.17) is 0 Å². The number of urea groups is 2. The van der Waals surface area contributed by atoms with E-state index in [-0.39, 0.29) is 45.4 Å². The Kier molecular flexibility index (Phi) is 5.50. The Morgan fingerprint density at radius 1 is 0.600 bits per heavy atom. The van der Waals surface area contributed by atoms with Crippen LogP contribution in [0.25, 0.3) is 0 Å². The number of nitrogens with zero attached hydrogens (tertiary/aromatic N) is 4. The van der Waals surface area contributed by atoms with Gasteiger partial charge in [-0.05, 0) is 20.3 Å². The lowest BCUT2D eigenvalue weighted by Crippen LogP contribution is -2.56. The summed E-state index contributed by atoms with van der Waals surface area (Å²) < 4.78 is 0. The number of rotatable bonds is 6. The Morgan fingerprint density at radius 2 is 0.920 bits per heavy atom. The molecular formula is C15H20N4O6. The number of amides is 8. The van der Waals surface area contributed by atoms with Gasteiger partial charge in [0.05, 0.1) is 0 Å². The zero-order valence-corrected chi connectivity index (χ0v) is 14.2. The Bertz CT molecular complexity index is 592. The van der Waals surface area contributed by atoms with Crippen LogP contribution in [0.4, 0.5) is 9.59 Å². The summed E-state index contributed by atoms with van der Waals surface area (Å²) in [6.07, 6.45) is -0.578. The van der Waals surface area contributed by atoms with Gasteiger partial charge in [-0.2, -0.15) is 0 Å². The minimum Gasteiger partial charge on any atom is -0.274 e. The summed E-state index contributed by atoms with van der Waals surface area (Å²) in [7, 11) is 0. The fourth-order valence-electron chi connectivity index (χ4n) is 2.81. The lowest BCUT2D eigenvalue weighted by Gasteiger charge is -2.34. The van der Waals surface area contributed by atoms with E-state index in [1.807, 2.05) is 0 Å². The minimum absolute atomic E-state index is 0.0153. The van der Waals surface area contributed by atoms with E-state index in [0.717, 1.165) is 19.6 Å². The molecule has 2 aliphatic rings. The summed E-state index contributed by atoms with van der Waals surface area (Å²) in [5, 5.41) is 0. The Labute approximate surface area is 144 Å². The lowest BCUT2D eigenvalue weighted by atomic mass is 10.2. The van der Waals surface area contributed by atoms with Crippen molar-refractivity contribution in [1.82, 2.24) is 19.6 Å². The summed E-state index contributed by atoms with van der Waals surface area (Å²) in [4.78, 5) is 75.2. The average molecular weight is 352 g/mol. The highest BCUT2D eigenvalue weighted by atomic mass is 16.2. The van der Waals surface area contributed by atoms with Crippen LogP contribution in [0.1, 0.15) is 33.1 Å². The molecule has 0 N–H and O–H groups in total. The van der Waals surface area contributed by atoms with Gasteiger partial charge in [0.25, 0.3) is 0 Å². The fourth-order valence-corrected chi connectivity index (χ4v) is 2.81. The molecule has 0 saturated carbocycles. The molecule has 0 radical (unpaired) electrons. The molecule has 2 rings (SSSR count). The van der Waals surface area contributed by atoms with Crippen LogP contribution in [-0.2, 0) is 19.2 Å². The first-order chi connectivity index (χ1) is 11.8. The highest BCUT2D eigenvalue weighted by Crippen LogP contribution is 2.15. The molecule has 0 bridgehead atoms. The van der Waals surface area contributed by atoms with Crippen molar-refractivity contribution in [1.29, 1.82) is 0 Å². The molecule has 2 fully saturated rings. The molecule has 2 aliphatic heterocycles. The van der Waals surface area contributed by atoms with Crippen LogP contribution >= 0.6 is 0 Å². The third kappa shape index (κ3) is 3.52. The van der Waals surface area contributed by atoms with Crippen molar-refractivity contribution in [3.05, 3.63) is 0 Å². The van der Waals surface area contributed by atoms with E-state index in [1.165, 1.54) is 0 Å². The maximum absolute atomic E-state index is 12.1. The van der Waals surface area contributed by atoms with E-state index in [9.17, 15) is 28.8 Å². The average Bonchev–Trinajstić information content (AvgIpc) is 2.53. The topological polar surface area (TPSA) is 115 Å². The van der Waals surface area contributed by atoms with Crippen LogP contribution in [0.2, 0.25) is 0 Å². The van der Waals surface area contributed by atoms with E-state index < -0.39 is 35.7 Å². The van der Waals surface area contributed by atoms with Crippen molar-refractivity contribution in [2.24, 2.45) is 0 Å². The highest BCUT2D eigenvalue weighted by molar-refractivity contribution is 6.14. The zero-order valence-electron chi connectivity index (χ0n) is 14.2. The van der Waals surface area contributed by atoms with E-state index in [2.05, 4.69) is 0 Å². The summed E-state index contributed by atoms with van der Waals surface area (Å²) in [6.45, 7) is 3.56. The highest BCUT2D eigenvalue weighted by Gasteiger charge is 2.38. The monoisotopic (exact) mass is 352 g/mol. The van der Waals surface area contributed by atoms with Gasteiger partial charge in [-0.3, -0.25) is 38.8 Å². The zero-order chi connectivity index (χ0) is 18.7. The van der Waals surface area contributed by atoms with Gasteiger partial charge in [-0.25, -0.2) is 9.59 Å². The Hall–Kier alpha value is -2.78. The second kappa shape index (κ2) is 7.41. The molecule has 10 nitrogen and oxygen atoms in total. The standard InChI is InChI=1S/C15H20N4O6/c1-3-16-10(20)8-12(22)18(14(16)24)6-5-7-19-13(23)9-11(21)17(4-2)15(19)25/h3-9H2,1-2H3. The van der Waals surface area contributed by atoms with E-state index in [0.29, 0.717) is 0 Å². The Morgan fingerprint density at radius 3 is 1.24 bits per heavy atom. The molecule has 10 heteroatoms. The van der Waals surface area contributed by atoms with Gasteiger partial charge in [-0.15, -0.1) is 0 Å². The predicted octanol–water partition coefficient (Wildman–Crippen LogP) is -0.222. The maximum atomic E-state index is 12.1. The SMILES string of the molecule is CCN1C(=O)CC(=O)N(CCCN2C(=O)CC(=O)N(CC)C2=O)C1=O. The van der Waals surface area contributed by atoms with Crippen LogP contribution in [-0.4, -0.2) is 81.5 Å². The third-order valence-corrected chi connectivity index (χ3v) is 4.13. The van der Waals surface area contributed by atoms with E-state index in [1.54, 1.807) is 13.8 Å². The predicted molar refractivity (Wildman–Crippen MR) is 82.8 cm³/mol. The van der Waals surface area contributed by atoms with Crippen molar-refractivity contribution >= 4 is 35.7 Å². The molecule has 8 amide bonds. The summed E-state index contributed by atoms with van der Waals surface area (Å²) in [6, 6.07) is -1.38. The first-order valence-electron chi connectivity index (χ1n) is 8.11. The molecule has 0 spiro atoms. The van der Waals surface area contributed by atoms with Crippen molar-refractivity contribution < 1.29 is 28.8 Å². The summed E-state index contributed by atoms with van der Waals surface area (Å²) in [5.41, 5.74) is 0. The van der Waals surface area contributed by atoms with Gasteiger partial charge in [0, 0.05) is 26.2 Å². The second-order valence-electron chi connectivity index (χ2n) is 5.64. The van der Waals surface area contributed by atoms with Gasteiger partial charge in [0.15, 0.2) is 0 Å². The van der Waals surface area contributed by atoms with Gasteiger partial charge in [0.1, 0.15) is 12.8 Å². The van der Waals surface area contributed by atoms with Gasteiger partial charge in [-0.1, -0.05) is 0 Å². The van der Waals surface area contributed by atoms with Crippen molar-refractivity contribution in [2.75, 3.05) is 26.2 Å². The molecular weight excluding hydrogens is 332 g/mol. The lowest BCUT2D eigenvalue weighted by molar-refractivity contribution is -0.143. The second-order valence-corrected chi connectivity index (χ2v) is 5.64. The largest absolute Gasteiger partial charge is 0.333 e. The molecule has 2 heterocycles. The van der Waals surface area contributed by atoms with Crippen LogP contribution in [0.3, 0.4) is 0 Å². The number of carbonyl (C=O) groups is 6. The number of hydrogen-bond donors (Lipinski definition) is 0. The first kappa shape index (κ1) is 18.6. The van der Waals surface area contributed by atoms with Crippen molar-refractivity contribution in [2.45, 2.75) is 33.1 Å². The number of carbonyl (C=O) groups excluding carboxylic acids is 6. The molecule has 0 unspecified atom stereocenters. The summed E-state index contributed by atoms with van der Waals surface area (Å²) in [5.74, 6) is -2.26. The quantitative estimate of drug-likeness (QED) is 0.610. The number of hydrogen-bond acceptors (Lipinski definition) is 6. The van der Waals surface area contributed by atoms with Crippen LogP contribution < -0.4 is 0 Å². The molecule has 0 aromatic heterocycles. The maximum Gasteiger partial charge on any atom is 0.333 e. The van der Waals surface area contributed by atoms with Gasteiger partial charge in [0.2, 0.25) is 23.6 Å². The number of imide groups is 4. The number of barbiturate groups is 2. The van der Waals surface area contributed by atoms with Gasteiger partial charge < -0.3 is 0 Å². The molecule has 0 atom stereocenters. The van der Waals surface area contributed by atoms with Crippen molar-refractivity contribution in [3.63, 3.8) is 0 Å². The third-order valence-electron chi connectivity index (χ3n) is 4.13. The molecule has 0 aromatic carbocycles. The van der Waals surface area contributed by atoms with Gasteiger partial charge >= 0.3 is 12.1 Å². The minimum atomic E-state index is -0.689. The normalized spacial score (nSPS) is 19.4. The smallest absolute Gasteiger partial charge is 0.274 e. The van der Waals surface area contributed by atoms with Crippen molar-refractivity contribution in [3.8, 4) is 0 Å². The van der Waals surface area contributed by atoms with E-state index >= 15 is 0 Å². The summed E-state index contributed by atoms with van der Waals surface area (Å²) >= 11 is 0. The van der Waals surface area contributed by atoms with Crippen LogP contribution in [0, 0.1) is 0 Å².